The van der Waals surface area contributed by atoms with Gasteiger partial charge in [-0.1, -0.05) is 12.1 Å². The van der Waals surface area contributed by atoms with Gasteiger partial charge in [0, 0.05) is 62.5 Å². The predicted octanol–water partition coefficient (Wildman–Crippen LogP) is 4.51. The minimum Gasteiger partial charge on any atom is -0.378 e. The summed E-state index contributed by atoms with van der Waals surface area (Å²) in [7, 11) is 4.10. The summed E-state index contributed by atoms with van der Waals surface area (Å²) in [5.41, 5.74) is 5.51. The summed E-state index contributed by atoms with van der Waals surface area (Å²) < 4.78 is 2.24. The molecule has 1 N–H and O–H groups in total. The zero-order chi connectivity index (χ0) is 22.8. The number of nitrogens with zero attached hydrogens (tertiary/aromatic N) is 5. The molecule has 2 atom stereocenters. The summed E-state index contributed by atoms with van der Waals surface area (Å²) in [5, 5.41) is 4.25. The van der Waals surface area contributed by atoms with Crippen LogP contribution in [0.2, 0.25) is 0 Å². The maximum Gasteiger partial charge on any atom is 0.170 e. The third-order valence-corrected chi connectivity index (χ3v) is 6.35. The fraction of sp³-hybridized carbons (Fsp3) is 0.192. The van der Waals surface area contributed by atoms with Gasteiger partial charge in [0.15, 0.2) is 5.11 Å². The Balaban J connectivity index is 1.57. The molecule has 4 heterocycles. The van der Waals surface area contributed by atoms with Gasteiger partial charge in [-0.05, 0) is 72.4 Å². The molecule has 3 aromatic heterocycles. The summed E-state index contributed by atoms with van der Waals surface area (Å²) in [6.45, 7) is 0.665. The van der Waals surface area contributed by atoms with E-state index in [9.17, 15) is 0 Å². The first-order valence-corrected chi connectivity index (χ1v) is 11.3. The predicted molar refractivity (Wildman–Crippen MR) is 135 cm³/mol. The molecule has 0 radical (unpaired) electrons. The third-order valence-electron chi connectivity index (χ3n) is 6.00. The molecule has 6 nitrogen and oxygen atoms in total. The van der Waals surface area contributed by atoms with E-state index in [0.717, 1.165) is 27.8 Å². The van der Waals surface area contributed by atoms with Gasteiger partial charge in [0.1, 0.15) is 0 Å². The van der Waals surface area contributed by atoms with Gasteiger partial charge in [0.25, 0.3) is 0 Å². The summed E-state index contributed by atoms with van der Waals surface area (Å²) in [6.07, 6.45) is 7.63. The fourth-order valence-electron chi connectivity index (χ4n) is 4.37. The van der Waals surface area contributed by atoms with Crippen molar-refractivity contribution in [1.82, 2.24) is 24.8 Å². The van der Waals surface area contributed by atoms with E-state index in [1.165, 1.54) is 5.69 Å². The van der Waals surface area contributed by atoms with Crippen molar-refractivity contribution in [2.24, 2.45) is 0 Å². The number of aromatic nitrogens is 3. The van der Waals surface area contributed by atoms with Crippen LogP contribution < -0.4 is 10.2 Å². The Hall–Kier alpha value is -3.71. The molecular formula is C26H26N6S. The van der Waals surface area contributed by atoms with E-state index < -0.39 is 0 Å². The highest BCUT2D eigenvalue weighted by Crippen LogP contribution is 2.40. The van der Waals surface area contributed by atoms with Crippen molar-refractivity contribution in [2.45, 2.75) is 18.6 Å². The first kappa shape index (κ1) is 21.2. The Morgan fingerprint density at radius 1 is 0.970 bits per heavy atom. The molecule has 1 aromatic carbocycles. The van der Waals surface area contributed by atoms with E-state index in [1.54, 1.807) is 6.20 Å². The van der Waals surface area contributed by atoms with Gasteiger partial charge >= 0.3 is 0 Å². The molecule has 1 aliphatic rings. The van der Waals surface area contributed by atoms with E-state index in [2.05, 4.69) is 98.5 Å². The second-order valence-electron chi connectivity index (χ2n) is 8.33. The Morgan fingerprint density at radius 2 is 1.82 bits per heavy atom. The van der Waals surface area contributed by atoms with Crippen molar-refractivity contribution in [3.63, 3.8) is 0 Å². The van der Waals surface area contributed by atoms with Gasteiger partial charge in [0.2, 0.25) is 0 Å². The normalized spacial score (nSPS) is 17.8. The van der Waals surface area contributed by atoms with Gasteiger partial charge in [-0.3, -0.25) is 9.97 Å². The largest absolute Gasteiger partial charge is 0.378 e. The minimum absolute atomic E-state index is 0.0314. The van der Waals surface area contributed by atoms with Crippen LogP contribution in [0.15, 0.2) is 91.5 Å². The standard InChI is InChI=1S/C26H26N6S/c1-30(2)20-10-12-21(13-11-20)31-16-6-9-23(31)25-24(22-8-3-4-15-28-22)29-26(33)32(25)18-19-7-5-14-27-17-19/h3-17,24-25H,18H2,1-2H3,(H,29,33)/t24-,25-/m0/s1. The van der Waals surface area contributed by atoms with Crippen molar-refractivity contribution in [1.29, 1.82) is 0 Å². The molecule has 0 bridgehead atoms. The highest BCUT2D eigenvalue weighted by molar-refractivity contribution is 7.80. The average Bonchev–Trinajstić information content (AvgIpc) is 3.45. The van der Waals surface area contributed by atoms with Crippen LogP contribution >= 0.6 is 12.2 Å². The second kappa shape index (κ2) is 9.03. The minimum atomic E-state index is -0.0648. The Kier molecular flexibility index (Phi) is 5.79. The Labute approximate surface area is 199 Å². The quantitative estimate of drug-likeness (QED) is 0.433. The van der Waals surface area contributed by atoms with Crippen LogP contribution in [0.1, 0.15) is 29.0 Å². The third kappa shape index (κ3) is 4.19. The van der Waals surface area contributed by atoms with Crippen molar-refractivity contribution in [2.75, 3.05) is 19.0 Å². The lowest BCUT2D eigenvalue weighted by atomic mass is 10.0. The van der Waals surface area contributed by atoms with E-state index >= 15 is 0 Å². The molecule has 0 unspecified atom stereocenters. The molecule has 4 aromatic rings. The van der Waals surface area contributed by atoms with Gasteiger partial charge in [-0.15, -0.1) is 0 Å². The van der Waals surface area contributed by atoms with Crippen molar-refractivity contribution < 1.29 is 0 Å². The SMILES string of the molecule is CN(C)c1ccc(-n2cccc2[C@H]2[C@H](c3ccccn3)NC(=S)N2Cc2cccnc2)cc1. The van der Waals surface area contributed by atoms with Crippen LogP contribution in [0.25, 0.3) is 5.69 Å². The van der Waals surface area contributed by atoms with Crippen LogP contribution in [-0.4, -0.2) is 38.6 Å². The maximum atomic E-state index is 5.83. The molecule has 0 saturated carbocycles. The monoisotopic (exact) mass is 454 g/mol. The second-order valence-corrected chi connectivity index (χ2v) is 8.72. The van der Waals surface area contributed by atoms with Gasteiger partial charge < -0.3 is 19.7 Å². The number of nitrogens with one attached hydrogen (secondary N) is 1. The zero-order valence-corrected chi connectivity index (χ0v) is 19.5. The highest BCUT2D eigenvalue weighted by Gasteiger charge is 2.41. The molecule has 0 amide bonds. The Morgan fingerprint density at radius 3 is 2.52 bits per heavy atom. The molecule has 1 aliphatic heterocycles. The van der Waals surface area contributed by atoms with Crippen molar-refractivity contribution in [3.8, 4) is 5.69 Å². The number of benzene rings is 1. The van der Waals surface area contributed by atoms with Gasteiger partial charge in [-0.2, -0.15) is 0 Å². The lowest BCUT2D eigenvalue weighted by Gasteiger charge is -2.29. The molecule has 0 spiro atoms. The van der Waals surface area contributed by atoms with E-state index in [4.69, 9.17) is 12.2 Å². The summed E-state index contributed by atoms with van der Waals surface area (Å²) in [6, 6.07) is 22.8. The van der Waals surface area contributed by atoms with Gasteiger partial charge in [-0.25, -0.2) is 0 Å². The zero-order valence-electron chi connectivity index (χ0n) is 18.7. The van der Waals surface area contributed by atoms with Crippen LogP contribution in [0.4, 0.5) is 5.69 Å². The summed E-state index contributed by atoms with van der Waals surface area (Å²) in [5.74, 6) is 0. The lowest BCUT2D eigenvalue weighted by Crippen LogP contribution is -2.30. The van der Waals surface area contributed by atoms with Crippen LogP contribution in [-0.2, 0) is 6.54 Å². The van der Waals surface area contributed by atoms with Crippen molar-refractivity contribution >= 4 is 23.0 Å². The molecule has 33 heavy (non-hydrogen) atoms. The average molecular weight is 455 g/mol. The summed E-state index contributed by atoms with van der Waals surface area (Å²) >= 11 is 5.83. The summed E-state index contributed by atoms with van der Waals surface area (Å²) in [4.78, 5) is 13.3. The molecule has 1 fully saturated rings. The molecule has 5 rings (SSSR count). The van der Waals surface area contributed by atoms with E-state index in [0.29, 0.717) is 6.54 Å². The number of hydrogen-bond donors (Lipinski definition) is 1. The maximum absolute atomic E-state index is 5.83. The molecule has 1 saturated heterocycles. The van der Waals surface area contributed by atoms with Crippen molar-refractivity contribution in [3.05, 3.63) is 108 Å². The number of hydrogen-bond acceptors (Lipinski definition) is 4. The first-order chi connectivity index (χ1) is 16.1. The topological polar surface area (TPSA) is 49.2 Å². The molecule has 0 aliphatic carbocycles. The number of anilines is 1. The van der Waals surface area contributed by atoms with Crippen LogP contribution in [0.3, 0.4) is 0 Å². The van der Waals surface area contributed by atoms with Crippen LogP contribution in [0.5, 0.6) is 0 Å². The fourth-order valence-corrected chi connectivity index (χ4v) is 4.67. The number of thiocarbonyl (C=S) groups is 1. The highest BCUT2D eigenvalue weighted by atomic mass is 32.1. The first-order valence-electron chi connectivity index (χ1n) is 10.9. The smallest absolute Gasteiger partial charge is 0.170 e. The Bertz CT molecular complexity index is 1220. The van der Waals surface area contributed by atoms with Crippen LogP contribution in [0, 0.1) is 0 Å². The molecule has 166 valence electrons. The molecular weight excluding hydrogens is 428 g/mol. The van der Waals surface area contributed by atoms with E-state index in [1.807, 2.05) is 30.6 Å². The lowest BCUT2D eigenvalue weighted by molar-refractivity contribution is 0.302. The molecule has 7 heteroatoms. The van der Waals surface area contributed by atoms with E-state index in [-0.39, 0.29) is 12.1 Å². The number of rotatable bonds is 6. The van der Waals surface area contributed by atoms with Gasteiger partial charge in [0.05, 0.1) is 17.8 Å². The number of pyridine rings is 2.